The van der Waals surface area contributed by atoms with E-state index in [-0.39, 0.29) is 5.60 Å². The number of guanidine groups is 1. The fourth-order valence-corrected chi connectivity index (χ4v) is 1.79. The van der Waals surface area contributed by atoms with Crippen LogP contribution in [0.5, 0.6) is 5.75 Å². The summed E-state index contributed by atoms with van der Waals surface area (Å²) in [4.78, 5) is 4.41. The average molecular weight is 291 g/mol. The molecule has 0 saturated carbocycles. The van der Waals surface area contributed by atoms with E-state index in [9.17, 15) is 0 Å². The lowest BCUT2D eigenvalue weighted by Gasteiger charge is -2.23. The molecule has 0 radical (unpaired) electrons. The third kappa shape index (κ3) is 6.52. The van der Waals surface area contributed by atoms with Crippen molar-refractivity contribution in [2.24, 2.45) is 10.7 Å². The zero-order valence-electron chi connectivity index (χ0n) is 14.2. The predicted octanol–water partition coefficient (Wildman–Crippen LogP) is 3.38. The van der Waals surface area contributed by atoms with Gasteiger partial charge in [0.15, 0.2) is 5.96 Å². The number of nitrogens with zero attached hydrogens (tertiary/aromatic N) is 1. The first-order chi connectivity index (χ1) is 9.71. The molecule has 4 nitrogen and oxygen atoms in total. The first-order valence-corrected chi connectivity index (χ1v) is 7.56. The Morgan fingerprint density at radius 2 is 2.05 bits per heavy atom. The van der Waals surface area contributed by atoms with Gasteiger partial charge in [-0.15, -0.1) is 0 Å². The van der Waals surface area contributed by atoms with Crippen LogP contribution in [0.1, 0.15) is 52.2 Å². The Bertz CT molecular complexity index is 489. The van der Waals surface area contributed by atoms with Crippen LogP contribution in [0.25, 0.3) is 0 Å². The van der Waals surface area contributed by atoms with E-state index in [0.717, 1.165) is 17.7 Å². The van der Waals surface area contributed by atoms with Gasteiger partial charge in [-0.25, -0.2) is 4.99 Å². The summed E-state index contributed by atoms with van der Waals surface area (Å²) in [5.41, 5.74) is 7.89. The van der Waals surface area contributed by atoms with Crippen LogP contribution in [0, 0.1) is 6.92 Å². The molecule has 118 valence electrons. The van der Waals surface area contributed by atoms with E-state index in [2.05, 4.69) is 43.2 Å². The first kappa shape index (κ1) is 17.3. The van der Waals surface area contributed by atoms with E-state index < -0.39 is 0 Å². The summed E-state index contributed by atoms with van der Waals surface area (Å²) in [5, 5.41) is 3.17. The van der Waals surface area contributed by atoms with Gasteiger partial charge in [0.2, 0.25) is 0 Å². The van der Waals surface area contributed by atoms with Crippen molar-refractivity contribution in [1.82, 2.24) is 5.32 Å². The Kier molecular flexibility index (Phi) is 6.06. The molecule has 0 amide bonds. The standard InChI is InChI=1S/C17H29N3O/c1-7-13(3)20-16(18)19-11-14-9-8-12(2)10-15(14)21-17(4,5)6/h8-10,13H,7,11H2,1-6H3,(H3,18,19,20). The van der Waals surface area contributed by atoms with Gasteiger partial charge in [-0.2, -0.15) is 0 Å². The van der Waals surface area contributed by atoms with Crippen molar-refractivity contribution in [2.75, 3.05) is 0 Å². The number of aliphatic imine (C=N–C) groups is 1. The van der Waals surface area contributed by atoms with Crippen LogP contribution >= 0.6 is 0 Å². The summed E-state index contributed by atoms with van der Waals surface area (Å²) >= 11 is 0. The number of ether oxygens (including phenoxy) is 1. The Hall–Kier alpha value is -1.71. The predicted molar refractivity (Wildman–Crippen MR) is 89.8 cm³/mol. The van der Waals surface area contributed by atoms with Crippen molar-refractivity contribution >= 4 is 5.96 Å². The molecule has 0 spiro atoms. The molecule has 3 N–H and O–H groups in total. The van der Waals surface area contributed by atoms with Crippen molar-refractivity contribution in [1.29, 1.82) is 0 Å². The van der Waals surface area contributed by atoms with Crippen molar-refractivity contribution in [3.8, 4) is 5.75 Å². The average Bonchev–Trinajstić information content (AvgIpc) is 2.35. The molecule has 0 aliphatic carbocycles. The molecular formula is C17H29N3O. The van der Waals surface area contributed by atoms with Gasteiger partial charge in [0.05, 0.1) is 6.54 Å². The van der Waals surface area contributed by atoms with E-state index in [1.54, 1.807) is 0 Å². The molecular weight excluding hydrogens is 262 g/mol. The fraction of sp³-hybridized carbons (Fsp3) is 0.588. The van der Waals surface area contributed by atoms with Gasteiger partial charge in [0, 0.05) is 11.6 Å². The van der Waals surface area contributed by atoms with Crippen LogP contribution in [0.3, 0.4) is 0 Å². The second-order valence-corrected chi connectivity index (χ2v) is 6.48. The van der Waals surface area contributed by atoms with Gasteiger partial charge in [-0.3, -0.25) is 0 Å². The third-order valence-corrected chi connectivity index (χ3v) is 3.07. The maximum atomic E-state index is 6.02. The first-order valence-electron chi connectivity index (χ1n) is 7.56. The maximum absolute atomic E-state index is 6.02. The van der Waals surface area contributed by atoms with Crippen LogP contribution in [0.2, 0.25) is 0 Å². The Balaban J connectivity index is 2.85. The Morgan fingerprint density at radius 1 is 1.38 bits per heavy atom. The van der Waals surface area contributed by atoms with Gasteiger partial charge in [0.25, 0.3) is 0 Å². The highest BCUT2D eigenvalue weighted by molar-refractivity contribution is 5.78. The number of nitrogens with one attached hydrogen (secondary N) is 1. The monoisotopic (exact) mass is 291 g/mol. The van der Waals surface area contributed by atoms with Crippen molar-refractivity contribution in [3.63, 3.8) is 0 Å². The van der Waals surface area contributed by atoms with E-state index >= 15 is 0 Å². The minimum absolute atomic E-state index is 0.229. The molecule has 0 fully saturated rings. The maximum Gasteiger partial charge on any atom is 0.189 e. The van der Waals surface area contributed by atoms with E-state index in [1.807, 2.05) is 26.8 Å². The minimum Gasteiger partial charge on any atom is -0.488 e. The molecule has 0 aliphatic heterocycles. The number of hydrogen-bond donors (Lipinski definition) is 2. The Labute approximate surface area is 128 Å². The molecule has 0 heterocycles. The number of rotatable bonds is 5. The molecule has 1 unspecified atom stereocenters. The molecule has 21 heavy (non-hydrogen) atoms. The second-order valence-electron chi connectivity index (χ2n) is 6.48. The van der Waals surface area contributed by atoms with E-state index in [1.165, 1.54) is 5.56 Å². The summed E-state index contributed by atoms with van der Waals surface area (Å²) in [6.07, 6.45) is 1.01. The number of aryl methyl sites for hydroxylation is 1. The van der Waals surface area contributed by atoms with Crippen LogP contribution < -0.4 is 15.8 Å². The molecule has 1 aromatic carbocycles. The lowest BCUT2D eigenvalue weighted by Crippen LogP contribution is -2.38. The van der Waals surface area contributed by atoms with Crippen LogP contribution in [-0.2, 0) is 6.54 Å². The van der Waals surface area contributed by atoms with Gasteiger partial charge >= 0.3 is 0 Å². The molecule has 0 saturated heterocycles. The van der Waals surface area contributed by atoms with Gasteiger partial charge in [-0.05, 0) is 52.7 Å². The van der Waals surface area contributed by atoms with E-state index in [0.29, 0.717) is 18.5 Å². The zero-order valence-corrected chi connectivity index (χ0v) is 14.2. The second kappa shape index (κ2) is 7.34. The smallest absolute Gasteiger partial charge is 0.189 e. The molecule has 1 aromatic rings. The molecule has 1 atom stereocenters. The number of nitrogens with two attached hydrogens (primary N) is 1. The van der Waals surface area contributed by atoms with Crippen LogP contribution in [-0.4, -0.2) is 17.6 Å². The lowest BCUT2D eigenvalue weighted by atomic mass is 10.1. The quantitative estimate of drug-likeness (QED) is 0.646. The summed E-state index contributed by atoms with van der Waals surface area (Å²) < 4.78 is 6.02. The summed E-state index contributed by atoms with van der Waals surface area (Å²) in [7, 11) is 0. The Morgan fingerprint density at radius 3 is 2.62 bits per heavy atom. The number of benzene rings is 1. The third-order valence-electron chi connectivity index (χ3n) is 3.07. The summed E-state index contributed by atoms with van der Waals surface area (Å²) in [5.74, 6) is 1.36. The minimum atomic E-state index is -0.229. The van der Waals surface area contributed by atoms with Crippen LogP contribution in [0.4, 0.5) is 0 Å². The molecule has 0 bridgehead atoms. The van der Waals surface area contributed by atoms with Crippen LogP contribution in [0.15, 0.2) is 23.2 Å². The van der Waals surface area contributed by atoms with Crippen molar-refractivity contribution < 1.29 is 4.74 Å². The summed E-state index contributed by atoms with van der Waals surface area (Å²) in [6, 6.07) is 6.50. The topological polar surface area (TPSA) is 59.6 Å². The SMILES string of the molecule is CCC(C)NC(N)=NCc1ccc(C)cc1OC(C)(C)C. The van der Waals surface area contributed by atoms with Gasteiger partial charge < -0.3 is 15.8 Å². The lowest BCUT2D eigenvalue weighted by molar-refractivity contribution is 0.129. The van der Waals surface area contributed by atoms with Crippen molar-refractivity contribution in [3.05, 3.63) is 29.3 Å². The summed E-state index contributed by atoms with van der Waals surface area (Å²) in [6.45, 7) is 12.9. The number of hydrogen-bond acceptors (Lipinski definition) is 2. The molecule has 0 aromatic heterocycles. The van der Waals surface area contributed by atoms with Crippen molar-refractivity contribution in [2.45, 2.75) is 66.2 Å². The van der Waals surface area contributed by atoms with Gasteiger partial charge in [-0.1, -0.05) is 19.1 Å². The molecule has 0 aliphatic rings. The molecule has 4 heteroatoms. The normalized spacial score (nSPS) is 13.9. The highest BCUT2D eigenvalue weighted by Crippen LogP contribution is 2.25. The zero-order chi connectivity index (χ0) is 16.0. The highest BCUT2D eigenvalue weighted by Gasteiger charge is 2.14. The highest BCUT2D eigenvalue weighted by atomic mass is 16.5. The fourth-order valence-electron chi connectivity index (χ4n) is 1.79. The van der Waals surface area contributed by atoms with Gasteiger partial charge in [0.1, 0.15) is 11.4 Å². The van der Waals surface area contributed by atoms with E-state index in [4.69, 9.17) is 10.5 Å². The molecule has 1 rings (SSSR count). The largest absolute Gasteiger partial charge is 0.488 e.